The van der Waals surface area contributed by atoms with E-state index < -0.39 is 11.6 Å². The van der Waals surface area contributed by atoms with Gasteiger partial charge >= 0.3 is 0 Å². The van der Waals surface area contributed by atoms with Crippen LogP contribution in [0.2, 0.25) is 0 Å². The first-order chi connectivity index (χ1) is 9.24. The molecule has 1 aliphatic rings. The summed E-state index contributed by atoms with van der Waals surface area (Å²) in [6, 6.07) is 7.05. The fraction of sp³-hybridized carbons (Fsp3) is 0.438. The molecule has 0 aliphatic carbocycles. The second-order valence-electron chi connectivity index (χ2n) is 4.90. The Kier molecular flexibility index (Phi) is 4.61. The van der Waals surface area contributed by atoms with Gasteiger partial charge in [-0.2, -0.15) is 0 Å². The lowest BCUT2D eigenvalue weighted by atomic mass is 9.96. The van der Waals surface area contributed by atoms with Gasteiger partial charge in [0, 0.05) is 0 Å². The molecule has 0 radical (unpaired) electrons. The minimum absolute atomic E-state index is 0.408. The molecule has 100 valence electrons. The van der Waals surface area contributed by atoms with Crippen molar-refractivity contribution < 1.29 is 9.59 Å². The summed E-state index contributed by atoms with van der Waals surface area (Å²) in [6.45, 7) is 2.17. The average Bonchev–Trinajstić information content (AvgIpc) is 2.44. The van der Waals surface area contributed by atoms with Crippen LogP contribution in [0.15, 0.2) is 29.3 Å². The number of carbonyl (C=O) groups is 2. The second-order valence-corrected chi connectivity index (χ2v) is 4.90. The molecule has 0 atom stereocenters. The van der Waals surface area contributed by atoms with Gasteiger partial charge in [-0.05, 0) is 25.0 Å². The van der Waals surface area contributed by atoms with Crippen molar-refractivity contribution in [2.75, 3.05) is 0 Å². The van der Waals surface area contributed by atoms with Crippen LogP contribution in [0.25, 0.3) is 0 Å². The van der Waals surface area contributed by atoms with E-state index in [1.54, 1.807) is 18.2 Å². The van der Waals surface area contributed by atoms with Crippen LogP contribution >= 0.6 is 0 Å². The van der Waals surface area contributed by atoms with Crippen LogP contribution in [-0.2, 0) is 4.79 Å². The molecule has 0 aromatic heterocycles. The number of ketones is 2. The summed E-state index contributed by atoms with van der Waals surface area (Å²) < 4.78 is 0. The Balaban J connectivity index is 2.03. The van der Waals surface area contributed by atoms with Crippen molar-refractivity contribution in [3.63, 3.8) is 0 Å². The summed E-state index contributed by atoms with van der Waals surface area (Å²) in [7, 11) is 0. The molecule has 0 spiro atoms. The SMILES string of the molecule is CCCCCCCC1=Nc2ccccc2C(=O)C1=O. The molecule has 0 bridgehead atoms. The van der Waals surface area contributed by atoms with E-state index in [4.69, 9.17) is 0 Å². The van der Waals surface area contributed by atoms with Crippen LogP contribution in [0, 0.1) is 0 Å². The van der Waals surface area contributed by atoms with Crippen LogP contribution in [0.5, 0.6) is 0 Å². The molecule has 0 unspecified atom stereocenters. The number of nitrogens with zero attached hydrogens (tertiary/aromatic N) is 1. The molecule has 0 saturated carbocycles. The molecule has 1 aromatic rings. The molecule has 0 fully saturated rings. The molecule has 3 heteroatoms. The maximum atomic E-state index is 11.9. The van der Waals surface area contributed by atoms with Gasteiger partial charge < -0.3 is 0 Å². The van der Waals surface area contributed by atoms with Crippen LogP contribution in [0.1, 0.15) is 55.8 Å². The number of hydrogen-bond acceptors (Lipinski definition) is 3. The molecule has 1 aromatic carbocycles. The topological polar surface area (TPSA) is 46.5 Å². The Morgan fingerprint density at radius 2 is 1.68 bits per heavy atom. The highest BCUT2D eigenvalue weighted by atomic mass is 16.2. The molecule has 1 aliphatic heterocycles. The smallest absolute Gasteiger partial charge is 0.247 e. The molecule has 0 amide bonds. The maximum Gasteiger partial charge on any atom is 0.247 e. The highest BCUT2D eigenvalue weighted by Crippen LogP contribution is 2.25. The lowest BCUT2D eigenvalue weighted by Gasteiger charge is -2.13. The van der Waals surface area contributed by atoms with Crippen LogP contribution in [0.3, 0.4) is 0 Å². The van der Waals surface area contributed by atoms with E-state index in [-0.39, 0.29) is 0 Å². The van der Waals surface area contributed by atoms with Gasteiger partial charge in [-0.15, -0.1) is 0 Å². The monoisotopic (exact) mass is 257 g/mol. The van der Waals surface area contributed by atoms with Crippen molar-refractivity contribution in [1.82, 2.24) is 0 Å². The molecular formula is C16H19NO2. The predicted octanol–water partition coefficient (Wildman–Crippen LogP) is 3.89. The molecule has 2 rings (SSSR count). The highest BCUT2D eigenvalue weighted by molar-refractivity contribution is 6.70. The number of unbranched alkanes of at least 4 members (excludes halogenated alkanes) is 4. The van der Waals surface area contributed by atoms with Crippen molar-refractivity contribution in [2.24, 2.45) is 4.99 Å². The summed E-state index contributed by atoms with van der Waals surface area (Å²) in [5.74, 6) is -0.830. The van der Waals surface area contributed by atoms with Gasteiger partial charge in [0.1, 0.15) is 0 Å². The van der Waals surface area contributed by atoms with Crippen molar-refractivity contribution in [1.29, 1.82) is 0 Å². The Morgan fingerprint density at radius 3 is 2.47 bits per heavy atom. The number of para-hydroxylation sites is 1. The summed E-state index contributed by atoms with van der Waals surface area (Å²) in [5, 5.41) is 0. The highest BCUT2D eigenvalue weighted by Gasteiger charge is 2.28. The Bertz CT molecular complexity index is 517. The number of carbonyl (C=O) groups excluding carboxylic acids is 2. The normalized spacial score (nSPS) is 14.3. The number of benzene rings is 1. The Morgan fingerprint density at radius 1 is 0.947 bits per heavy atom. The Labute approximate surface area is 113 Å². The van der Waals surface area contributed by atoms with Crippen molar-refractivity contribution in [3.05, 3.63) is 29.8 Å². The second kappa shape index (κ2) is 6.41. The van der Waals surface area contributed by atoms with Gasteiger partial charge in [0.15, 0.2) is 0 Å². The van der Waals surface area contributed by atoms with E-state index >= 15 is 0 Å². The van der Waals surface area contributed by atoms with Gasteiger partial charge in [0.2, 0.25) is 11.6 Å². The zero-order valence-corrected chi connectivity index (χ0v) is 11.3. The zero-order chi connectivity index (χ0) is 13.7. The lowest BCUT2D eigenvalue weighted by molar-refractivity contribution is -0.109. The lowest BCUT2D eigenvalue weighted by Crippen LogP contribution is -2.27. The quantitative estimate of drug-likeness (QED) is 0.573. The zero-order valence-electron chi connectivity index (χ0n) is 11.3. The molecular weight excluding hydrogens is 238 g/mol. The van der Waals surface area contributed by atoms with Crippen molar-refractivity contribution >= 4 is 23.0 Å². The number of fused-ring (bicyclic) bond motifs is 1. The number of rotatable bonds is 6. The van der Waals surface area contributed by atoms with Crippen LogP contribution in [-0.4, -0.2) is 17.3 Å². The summed E-state index contributed by atoms with van der Waals surface area (Å²) in [5.41, 5.74) is 1.50. The standard InChI is InChI=1S/C16H19NO2/c1-2-3-4-5-6-11-14-16(19)15(18)12-9-7-8-10-13(12)17-14/h7-10H,2-6,11H2,1H3. The third-order valence-corrected chi connectivity index (χ3v) is 3.39. The van der Waals surface area contributed by atoms with Crippen molar-refractivity contribution in [2.45, 2.75) is 45.4 Å². The summed E-state index contributed by atoms with van der Waals surface area (Å²) in [4.78, 5) is 28.2. The van der Waals surface area contributed by atoms with E-state index in [0.29, 0.717) is 23.4 Å². The third-order valence-electron chi connectivity index (χ3n) is 3.39. The van der Waals surface area contributed by atoms with E-state index in [1.165, 1.54) is 19.3 Å². The number of Topliss-reactive ketones (excluding diaryl/α,β-unsaturated/α-hetero) is 2. The third kappa shape index (κ3) is 3.16. The van der Waals surface area contributed by atoms with E-state index in [1.807, 2.05) is 6.07 Å². The minimum atomic E-state index is -0.422. The van der Waals surface area contributed by atoms with Gasteiger partial charge in [-0.1, -0.05) is 44.7 Å². The fourth-order valence-electron chi connectivity index (χ4n) is 2.28. The van der Waals surface area contributed by atoms with Crippen LogP contribution < -0.4 is 0 Å². The molecule has 19 heavy (non-hydrogen) atoms. The maximum absolute atomic E-state index is 11.9. The van der Waals surface area contributed by atoms with Crippen molar-refractivity contribution in [3.8, 4) is 0 Å². The van der Waals surface area contributed by atoms with E-state index in [2.05, 4.69) is 11.9 Å². The van der Waals surface area contributed by atoms with Gasteiger partial charge in [0.25, 0.3) is 0 Å². The summed E-state index contributed by atoms with van der Waals surface area (Å²) >= 11 is 0. The fourth-order valence-corrected chi connectivity index (χ4v) is 2.28. The Hall–Kier alpha value is -1.77. The van der Waals surface area contributed by atoms with Crippen LogP contribution in [0.4, 0.5) is 5.69 Å². The molecule has 0 saturated heterocycles. The largest absolute Gasteiger partial charge is 0.285 e. The average molecular weight is 257 g/mol. The van der Waals surface area contributed by atoms with Gasteiger partial charge in [-0.25, -0.2) is 4.99 Å². The van der Waals surface area contributed by atoms with Gasteiger partial charge in [0.05, 0.1) is 17.0 Å². The van der Waals surface area contributed by atoms with E-state index in [0.717, 1.165) is 12.8 Å². The molecule has 3 nitrogen and oxygen atoms in total. The first-order valence-corrected chi connectivity index (χ1v) is 6.99. The first kappa shape index (κ1) is 13.7. The molecule has 0 N–H and O–H groups in total. The minimum Gasteiger partial charge on any atom is -0.285 e. The summed E-state index contributed by atoms with van der Waals surface area (Å²) in [6.07, 6.45) is 6.25. The first-order valence-electron chi connectivity index (χ1n) is 6.99. The van der Waals surface area contributed by atoms with Gasteiger partial charge in [-0.3, -0.25) is 9.59 Å². The van der Waals surface area contributed by atoms with E-state index in [9.17, 15) is 9.59 Å². The predicted molar refractivity (Wildman–Crippen MR) is 76.3 cm³/mol. The number of hydrogen-bond donors (Lipinski definition) is 0. The number of aliphatic imine (C=N–C) groups is 1. The molecule has 1 heterocycles.